The zero-order valence-corrected chi connectivity index (χ0v) is 10.3. The van der Waals surface area contributed by atoms with Gasteiger partial charge in [0.1, 0.15) is 5.65 Å². The largest absolute Gasteiger partial charge is 0.330 e. The van der Waals surface area contributed by atoms with E-state index in [1.165, 1.54) is 5.69 Å². The Labute approximate surface area is 102 Å². The summed E-state index contributed by atoms with van der Waals surface area (Å²) in [7, 11) is 0. The van der Waals surface area contributed by atoms with Crippen molar-refractivity contribution in [2.75, 3.05) is 13.1 Å². The summed E-state index contributed by atoms with van der Waals surface area (Å²) >= 11 is 0. The standard InChI is InChI=1S/C13H20N4/c1-11-12(10-15-8-4-3-7-14)17-9-5-2-6-13(17)16-11/h2,5-6,9,15H,3-4,7-8,10,14H2,1H3. The molecule has 0 bridgehead atoms. The second-order valence-corrected chi connectivity index (χ2v) is 4.25. The number of fused-ring (bicyclic) bond motifs is 1. The topological polar surface area (TPSA) is 55.3 Å². The molecule has 2 heterocycles. The van der Waals surface area contributed by atoms with E-state index in [-0.39, 0.29) is 0 Å². The number of pyridine rings is 1. The molecule has 4 heteroatoms. The maximum atomic E-state index is 5.46. The van der Waals surface area contributed by atoms with Gasteiger partial charge < -0.3 is 15.5 Å². The van der Waals surface area contributed by atoms with Gasteiger partial charge in [-0.2, -0.15) is 0 Å². The van der Waals surface area contributed by atoms with Crippen LogP contribution in [0.4, 0.5) is 0 Å². The highest BCUT2D eigenvalue weighted by molar-refractivity contribution is 5.42. The minimum absolute atomic E-state index is 0.774. The quantitative estimate of drug-likeness (QED) is 0.742. The number of aryl methyl sites for hydroxylation is 1. The van der Waals surface area contributed by atoms with Gasteiger partial charge in [0.05, 0.1) is 11.4 Å². The molecule has 0 aliphatic carbocycles. The third kappa shape index (κ3) is 2.84. The fourth-order valence-corrected chi connectivity index (χ4v) is 1.98. The molecular weight excluding hydrogens is 212 g/mol. The first kappa shape index (κ1) is 12.1. The number of hydrogen-bond acceptors (Lipinski definition) is 3. The van der Waals surface area contributed by atoms with Crippen molar-refractivity contribution in [3.63, 3.8) is 0 Å². The maximum Gasteiger partial charge on any atom is 0.137 e. The Bertz CT molecular complexity index is 475. The Balaban J connectivity index is 2.00. The van der Waals surface area contributed by atoms with Crippen LogP contribution in [0.15, 0.2) is 24.4 Å². The molecule has 2 aromatic rings. The fourth-order valence-electron chi connectivity index (χ4n) is 1.98. The average Bonchev–Trinajstić information content (AvgIpc) is 2.65. The van der Waals surface area contributed by atoms with Gasteiger partial charge in [0.2, 0.25) is 0 Å². The van der Waals surface area contributed by atoms with Gasteiger partial charge in [-0.15, -0.1) is 0 Å². The van der Waals surface area contributed by atoms with Crippen LogP contribution in [0.1, 0.15) is 24.2 Å². The van der Waals surface area contributed by atoms with Crippen LogP contribution >= 0.6 is 0 Å². The van der Waals surface area contributed by atoms with E-state index >= 15 is 0 Å². The van der Waals surface area contributed by atoms with Gasteiger partial charge in [0, 0.05) is 12.7 Å². The first-order valence-electron chi connectivity index (χ1n) is 6.16. The van der Waals surface area contributed by atoms with Crippen molar-refractivity contribution in [2.45, 2.75) is 26.3 Å². The Morgan fingerprint density at radius 2 is 2.24 bits per heavy atom. The predicted octanol–water partition coefficient (Wildman–Crippen LogP) is 1.47. The SMILES string of the molecule is Cc1nc2ccccn2c1CNCCCCN. The zero-order valence-electron chi connectivity index (χ0n) is 10.3. The second-order valence-electron chi connectivity index (χ2n) is 4.25. The van der Waals surface area contributed by atoms with Gasteiger partial charge in [-0.25, -0.2) is 4.98 Å². The molecule has 92 valence electrons. The smallest absolute Gasteiger partial charge is 0.137 e. The van der Waals surface area contributed by atoms with E-state index in [9.17, 15) is 0 Å². The minimum Gasteiger partial charge on any atom is -0.330 e. The summed E-state index contributed by atoms with van der Waals surface area (Å²) in [5, 5.41) is 3.44. The van der Waals surface area contributed by atoms with Gasteiger partial charge >= 0.3 is 0 Å². The highest BCUT2D eigenvalue weighted by Crippen LogP contribution is 2.11. The number of imidazole rings is 1. The van der Waals surface area contributed by atoms with Crippen molar-refractivity contribution in [1.29, 1.82) is 0 Å². The van der Waals surface area contributed by atoms with Crippen LogP contribution in [0.2, 0.25) is 0 Å². The average molecular weight is 232 g/mol. The monoisotopic (exact) mass is 232 g/mol. The summed E-state index contributed by atoms with van der Waals surface area (Å²) < 4.78 is 2.14. The van der Waals surface area contributed by atoms with Gasteiger partial charge in [0.15, 0.2) is 0 Å². The molecule has 0 radical (unpaired) electrons. The van der Waals surface area contributed by atoms with Crippen LogP contribution in [-0.4, -0.2) is 22.5 Å². The van der Waals surface area contributed by atoms with Gasteiger partial charge in [0.25, 0.3) is 0 Å². The molecular formula is C13H20N4. The first-order valence-corrected chi connectivity index (χ1v) is 6.16. The van der Waals surface area contributed by atoms with Crippen LogP contribution in [0.3, 0.4) is 0 Å². The Morgan fingerprint density at radius 3 is 3.06 bits per heavy atom. The lowest BCUT2D eigenvalue weighted by Gasteiger charge is -2.05. The molecule has 0 aliphatic heterocycles. The second kappa shape index (κ2) is 5.80. The van der Waals surface area contributed by atoms with Crippen molar-refractivity contribution in [3.05, 3.63) is 35.8 Å². The lowest BCUT2D eigenvalue weighted by molar-refractivity contribution is 0.617. The van der Waals surface area contributed by atoms with E-state index in [0.29, 0.717) is 0 Å². The molecule has 0 aromatic carbocycles. The maximum absolute atomic E-state index is 5.46. The molecule has 0 fully saturated rings. The van der Waals surface area contributed by atoms with Crippen LogP contribution < -0.4 is 11.1 Å². The summed E-state index contributed by atoms with van der Waals surface area (Å²) in [6.07, 6.45) is 4.28. The fraction of sp³-hybridized carbons (Fsp3) is 0.462. The summed E-state index contributed by atoms with van der Waals surface area (Å²) in [4.78, 5) is 4.53. The molecule has 2 rings (SSSR count). The predicted molar refractivity (Wildman–Crippen MR) is 69.9 cm³/mol. The van der Waals surface area contributed by atoms with Crippen molar-refractivity contribution in [1.82, 2.24) is 14.7 Å². The van der Waals surface area contributed by atoms with E-state index in [4.69, 9.17) is 5.73 Å². The van der Waals surface area contributed by atoms with Crippen LogP contribution in [0, 0.1) is 6.92 Å². The van der Waals surface area contributed by atoms with Crippen LogP contribution in [0.25, 0.3) is 5.65 Å². The molecule has 0 saturated heterocycles. The molecule has 0 unspecified atom stereocenters. The Kier molecular flexibility index (Phi) is 4.12. The summed E-state index contributed by atoms with van der Waals surface area (Å²) in [6, 6.07) is 6.08. The lowest BCUT2D eigenvalue weighted by Crippen LogP contribution is -2.17. The van der Waals surface area contributed by atoms with E-state index in [1.807, 2.05) is 18.2 Å². The zero-order chi connectivity index (χ0) is 12.1. The first-order chi connectivity index (χ1) is 8.33. The molecule has 4 nitrogen and oxygen atoms in total. The van der Waals surface area contributed by atoms with E-state index in [1.54, 1.807) is 0 Å². The Hall–Kier alpha value is -1.39. The third-order valence-electron chi connectivity index (χ3n) is 2.93. The highest BCUT2D eigenvalue weighted by Gasteiger charge is 2.06. The Morgan fingerprint density at radius 1 is 1.35 bits per heavy atom. The van der Waals surface area contributed by atoms with Gasteiger partial charge in [-0.05, 0) is 45.0 Å². The molecule has 0 atom stereocenters. The van der Waals surface area contributed by atoms with Crippen molar-refractivity contribution >= 4 is 5.65 Å². The molecule has 0 aliphatic rings. The minimum atomic E-state index is 0.774. The number of rotatable bonds is 6. The van der Waals surface area contributed by atoms with E-state index in [0.717, 1.165) is 43.8 Å². The number of aromatic nitrogens is 2. The molecule has 17 heavy (non-hydrogen) atoms. The molecule has 0 saturated carbocycles. The summed E-state index contributed by atoms with van der Waals surface area (Å²) in [5.74, 6) is 0. The van der Waals surface area contributed by atoms with Crippen molar-refractivity contribution in [2.24, 2.45) is 5.73 Å². The van der Waals surface area contributed by atoms with Crippen molar-refractivity contribution in [3.8, 4) is 0 Å². The van der Waals surface area contributed by atoms with Gasteiger partial charge in [-0.3, -0.25) is 0 Å². The molecule has 2 aromatic heterocycles. The summed E-state index contributed by atoms with van der Waals surface area (Å²) in [6.45, 7) is 4.71. The van der Waals surface area contributed by atoms with Crippen LogP contribution in [-0.2, 0) is 6.54 Å². The highest BCUT2D eigenvalue weighted by atomic mass is 15.0. The lowest BCUT2D eigenvalue weighted by atomic mass is 10.3. The summed E-state index contributed by atoms with van der Waals surface area (Å²) in [5.41, 5.74) is 8.82. The van der Waals surface area contributed by atoms with E-state index < -0.39 is 0 Å². The normalized spacial score (nSPS) is 11.2. The number of hydrogen-bond donors (Lipinski definition) is 2. The number of nitrogens with zero attached hydrogens (tertiary/aromatic N) is 2. The van der Waals surface area contributed by atoms with E-state index in [2.05, 4.69) is 27.8 Å². The number of unbranched alkanes of at least 4 members (excludes halogenated alkanes) is 1. The van der Waals surface area contributed by atoms with Crippen LogP contribution in [0.5, 0.6) is 0 Å². The number of nitrogens with one attached hydrogen (secondary N) is 1. The number of nitrogens with two attached hydrogens (primary N) is 1. The van der Waals surface area contributed by atoms with Crippen molar-refractivity contribution < 1.29 is 0 Å². The molecule has 3 N–H and O–H groups in total. The molecule has 0 amide bonds. The third-order valence-corrected chi connectivity index (χ3v) is 2.93. The molecule has 0 spiro atoms. The van der Waals surface area contributed by atoms with Gasteiger partial charge in [-0.1, -0.05) is 6.07 Å².